The molecule has 0 heterocycles. The Hall–Kier alpha value is -1.30. The second kappa shape index (κ2) is 7.92. The Morgan fingerprint density at radius 2 is 1.62 bits per heavy atom. The average molecular weight is 216 g/mol. The third-order valence-corrected chi connectivity index (χ3v) is 1.99. The summed E-state index contributed by atoms with van der Waals surface area (Å²) in [6.45, 7) is 13.9. The number of rotatable bonds is 2. The van der Waals surface area contributed by atoms with Crippen LogP contribution < -0.4 is 0 Å². The first-order valence-corrected chi connectivity index (χ1v) is 5.73. The van der Waals surface area contributed by atoms with Crippen molar-refractivity contribution in [1.29, 1.82) is 0 Å². The number of hydrogen-bond acceptors (Lipinski definition) is 0. The van der Waals surface area contributed by atoms with Gasteiger partial charge in [0.2, 0.25) is 0 Å². The topological polar surface area (TPSA) is 0 Å². The average Bonchev–Trinajstić information content (AvgIpc) is 2.15. The minimum Gasteiger partial charge on any atom is -0.100 e. The van der Waals surface area contributed by atoms with Crippen LogP contribution in [0.3, 0.4) is 0 Å². The molecule has 0 radical (unpaired) electrons. The summed E-state index contributed by atoms with van der Waals surface area (Å²) in [6, 6.07) is 8.53. The van der Waals surface area contributed by atoms with E-state index in [2.05, 4.69) is 57.7 Å². The van der Waals surface area contributed by atoms with Gasteiger partial charge in [0, 0.05) is 0 Å². The summed E-state index contributed by atoms with van der Waals surface area (Å²) in [5.74, 6) is 0. The summed E-state index contributed by atoms with van der Waals surface area (Å²) in [6.07, 6.45) is 3.33. The lowest BCUT2D eigenvalue weighted by molar-refractivity contribution is 1.18. The minimum absolute atomic E-state index is 1.06. The van der Waals surface area contributed by atoms with Gasteiger partial charge in [0.05, 0.1) is 0 Å². The highest BCUT2D eigenvalue weighted by Gasteiger charge is 1.92. The van der Waals surface area contributed by atoms with Crippen molar-refractivity contribution in [1.82, 2.24) is 0 Å². The fourth-order valence-electron chi connectivity index (χ4n) is 1.15. The first-order chi connectivity index (χ1) is 7.43. The lowest BCUT2D eigenvalue weighted by Crippen LogP contribution is -1.85. The Morgan fingerprint density at radius 1 is 1.12 bits per heavy atom. The zero-order chi connectivity index (χ0) is 12.6. The van der Waals surface area contributed by atoms with Crippen LogP contribution in [0.25, 0.3) is 0 Å². The van der Waals surface area contributed by atoms with E-state index in [0.717, 1.165) is 6.42 Å². The number of aryl methyl sites for hydroxylation is 1. The molecule has 0 bridgehead atoms. The van der Waals surface area contributed by atoms with Crippen LogP contribution in [0, 0.1) is 6.92 Å². The number of benzene rings is 1. The van der Waals surface area contributed by atoms with Crippen molar-refractivity contribution < 1.29 is 0 Å². The summed E-state index contributed by atoms with van der Waals surface area (Å²) in [4.78, 5) is 0. The Kier molecular flexibility index (Phi) is 7.28. The molecule has 0 aliphatic heterocycles. The van der Waals surface area contributed by atoms with Crippen LogP contribution in [0.4, 0.5) is 0 Å². The zero-order valence-corrected chi connectivity index (χ0v) is 11.3. The van der Waals surface area contributed by atoms with E-state index in [-0.39, 0.29) is 0 Å². The highest BCUT2D eigenvalue weighted by Crippen LogP contribution is 2.08. The predicted molar refractivity (Wildman–Crippen MR) is 74.8 cm³/mol. The van der Waals surface area contributed by atoms with Gasteiger partial charge >= 0.3 is 0 Å². The van der Waals surface area contributed by atoms with Crippen molar-refractivity contribution in [3.63, 3.8) is 0 Å². The van der Waals surface area contributed by atoms with Crippen LogP contribution in [-0.4, -0.2) is 0 Å². The molecule has 0 atom stereocenters. The second-order valence-corrected chi connectivity index (χ2v) is 4.62. The molecule has 1 aromatic carbocycles. The van der Waals surface area contributed by atoms with Crippen molar-refractivity contribution in [3.8, 4) is 0 Å². The van der Waals surface area contributed by atoms with Crippen LogP contribution in [0.2, 0.25) is 0 Å². The normalized spacial score (nSPS) is 8.81. The molecule has 0 aromatic heterocycles. The fourth-order valence-corrected chi connectivity index (χ4v) is 1.15. The largest absolute Gasteiger partial charge is 0.100 e. The molecule has 0 N–H and O–H groups in total. The molecule has 0 saturated carbocycles. The van der Waals surface area contributed by atoms with Gasteiger partial charge in [-0.05, 0) is 52.2 Å². The maximum Gasteiger partial charge on any atom is -0.00924 e. The number of hydrogen-bond donors (Lipinski definition) is 0. The molecular weight excluding hydrogens is 192 g/mol. The standard InChI is InChI=1S/C12H16.C4H8/c1-10(2)8-9-12-7-5-4-6-11(12)3;1-4(2)3/h4-8H,9H2,1-3H3;1H2,2-3H3. The first-order valence-electron chi connectivity index (χ1n) is 5.73. The van der Waals surface area contributed by atoms with Gasteiger partial charge in [-0.1, -0.05) is 41.5 Å². The maximum absolute atomic E-state index is 3.56. The van der Waals surface area contributed by atoms with Crippen LogP contribution in [0.15, 0.2) is 48.1 Å². The van der Waals surface area contributed by atoms with Crippen LogP contribution >= 0.6 is 0 Å². The third kappa shape index (κ3) is 8.05. The van der Waals surface area contributed by atoms with E-state index in [1.807, 2.05) is 13.8 Å². The van der Waals surface area contributed by atoms with Crippen LogP contribution in [0.5, 0.6) is 0 Å². The lowest BCUT2D eigenvalue weighted by atomic mass is 10.1. The van der Waals surface area contributed by atoms with Gasteiger partial charge in [-0.15, -0.1) is 6.58 Å². The third-order valence-electron chi connectivity index (χ3n) is 1.99. The van der Waals surface area contributed by atoms with E-state index in [4.69, 9.17) is 0 Å². The quantitative estimate of drug-likeness (QED) is 0.604. The van der Waals surface area contributed by atoms with E-state index in [0.29, 0.717) is 0 Å². The summed E-state index contributed by atoms with van der Waals surface area (Å²) in [7, 11) is 0. The number of allylic oxidation sites excluding steroid dienone is 3. The summed E-state index contributed by atoms with van der Waals surface area (Å²) < 4.78 is 0. The Morgan fingerprint density at radius 3 is 2.06 bits per heavy atom. The van der Waals surface area contributed by atoms with Gasteiger partial charge < -0.3 is 0 Å². The van der Waals surface area contributed by atoms with E-state index in [1.54, 1.807) is 0 Å². The predicted octanol–water partition coefficient (Wildman–Crippen LogP) is 5.09. The molecule has 1 aromatic rings. The molecular formula is C16H24. The van der Waals surface area contributed by atoms with Crippen LogP contribution in [-0.2, 0) is 6.42 Å². The van der Waals surface area contributed by atoms with Crippen molar-refractivity contribution in [2.45, 2.75) is 41.0 Å². The molecule has 0 unspecified atom stereocenters. The van der Waals surface area contributed by atoms with E-state index >= 15 is 0 Å². The Labute approximate surface area is 101 Å². The second-order valence-electron chi connectivity index (χ2n) is 4.62. The smallest absolute Gasteiger partial charge is 0.00924 e. The summed E-state index contributed by atoms with van der Waals surface area (Å²) >= 11 is 0. The molecule has 0 saturated heterocycles. The van der Waals surface area contributed by atoms with E-state index < -0.39 is 0 Å². The molecule has 88 valence electrons. The van der Waals surface area contributed by atoms with Gasteiger partial charge in [-0.2, -0.15) is 0 Å². The molecule has 0 nitrogen and oxygen atoms in total. The monoisotopic (exact) mass is 216 g/mol. The highest BCUT2D eigenvalue weighted by atomic mass is 14.0. The molecule has 1 rings (SSSR count). The zero-order valence-electron chi connectivity index (χ0n) is 11.3. The van der Waals surface area contributed by atoms with Gasteiger partial charge in [0.15, 0.2) is 0 Å². The Bertz CT molecular complexity index is 348. The molecule has 0 aliphatic rings. The SMILES string of the molecule is C=C(C)C.CC(C)=CCc1ccccc1C. The van der Waals surface area contributed by atoms with Gasteiger partial charge in [-0.25, -0.2) is 0 Å². The fraction of sp³-hybridized carbons (Fsp3) is 0.375. The van der Waals surface area contributed by atoms with Crippen molar-refractivity contribution in [2.24, 2.45) is 0 Å². The molecule has 0 heteroatoms. The van der Waals surface area contributed by atoms with Gasteiger partial charge in [0.25, 0.3) is 0 Å². The van der Waals surface area contributed by atoms with Gasteiger partial charge in [-0.3, -0.25) is 0 Å². The van der Waals surface area contributed by atoms with E-state index in [9.17, 15) is 0 Å². The highest BCUT2D eigenvalue weighted by molar-refractivity contribution is 5.27. The summed E-state index contributed by atoms with van der Waals surface area (Å²) in [5.41, 5.74) is 5.37. The molecule has 0 aliphatic carbocycles. The molecule has 16 heavy (non-hydrogen) atoms. The lowest BCUT2D eigenvalue weighted by Gasteiger charge is -2.01. The van der Waals surface area contributed by atoms with Gasteiger partial charge in [0.1, 0.15) is 0 Å². The first kappa shape index (κ1) is 14.7. The summed E-state index contributed by atoms with van der Waals surface area (Å²) in [5, 5.41) is 0. The van der Waals surface area contributed by atoms with Crippen molar-refractivity contribution in [3.05, 3.63) is 59.2 Å². The minimum atomic E-state index is 1.06. The molecule has 0 fully saturated rings. The molecule has 0 amide bonds. The van der Waals surface area contributed by atoms with E-state index in [1.165, 1.54) is 22.3 Å². The van der Waals surface area contributed by atoms with Crippen molar-refractivity contribution >= 4 is 0 Å². The van der Waals surface area contributed by atoms with Crippen molar-refractivity contribution in [2.75, 3.05) is 0 Å². The van der Waals surface area contributed by atoms with Crippen LogP contribution in [0.1, 0.15) is 38.8 Å². The maximum atomic E-state index is 3.56. The molecule has 0 spiro atoms. The Balaban J connectivity index is 0.000000487.